The van der Waals surface area contributed by atoms with Gasteiger partial charge in [0, 0.05) is 17.4 Å². The number of alkyl carbamates (subject to hydrolysis) is 1. The van der Waals surface area contributed by atoms with Crippen LogP contribution in [-0.4, -0.2) is 61.8 Å². The predicted octanol–water partition coefficient (Wildman–Crippen LogP) is 2.10. The molecule has 1 aromatic heterocycles. The summed E-state index contributed by atoms with van der Waals surface area (Å²) in [4.78, 5) is 28.9. The lowest BCUT2D eigenvalue weighted by Gasteiger charge is -2.11. The van der Waals surface area contributed by atoms with E-state index < -0.39 is 0 Å². The van der Waals surface area contributed by atoms with Crippen LogP contribution >= 0.6 is 0 Å². The minimum atomic E-state index is -0.367. The van der Waals surface area contributed by atoms with Crippen LogP contribution in [0.3, 0.4) is 0 Å². The first-order valence-corrected chi connectivity index (χ1v) is 8.86. The van der Waals surface area contributed by atoms with Crippen LogP contribution in [0, 0.1) is 0 Å². The lowest BCUT2D eigenvalue weighted by Crippen LogP contribution is -2.28. The molecule has 1 atom stereocenters. The Hall–Kier alpha value is -2.54. The third-order valence-corrected chi connectivity index (χ3v) is 4.48. The van der Waals surface area contributed by atoms with Crippen molar-refractivity contribution in [3.8, 4) is 0 Å². The van der Waals surface area contributed by atoms with Crippen molar-refractivity contribution >= 4 is 23.0 Å². The monoisotopic (exact) mass is 359 g/mol. The highest BCUT2D eigenvalue weighted by atomic mass is 16.6. The molecule has 2 aromatic rings. The summed E-state index contributed by atoms with van der Waals surface area (Å²) >= 11 is 0. The maximum atomic E-state index is 12.3. The van der Waals surface area contributed by atoms with Crippen molar-refractivity contribution in [2.45, 2.75) is 25.8 Å². The van der Waals surface area contributed by atoms with Crippen LogP contribution in [-0.2, 0) is 22.3 Å². The molecule has 140 valence electrons. The summed E-state index contributed by atoms with van der Waals surface area (Å²) in [6.07, 6.45) is 1.07. The minimum absolute atomic E-state index is 0.0198. The van der Waals surface area contributed by atoms with Crippen molar-refractivity contribution in [1.29, 1.82) is 0 Å². The van der Waals surface area contributed by atoms with Gasteiger partial charge in [0.2, 0.25) is 0 Å². The van der Waals surface area contributed by atoms with Gasteiger partial charge in [0.1, 0.15) is 12.3 Å². The minimum Gasteiger partial charge on any atom is -0.461 e. The second-order valence-corrected chi connectivity index (χ2v) is 6.78. The molecule has 7 heteroatoms. The Bertz CT molecular complexity index is 812. The van der Waals surface area contributed by atoms with Gasteiger partial charge in [-0.3, -0.25) is 0 Å². The molecule has 7 nitrogen and oxygen atoms in total. The van der Waals surface area contributed by atoms with Gasteiger partial charge in [-0.25, -0.2) is 9.59 Å². The molecule has 0 aliphatic carbocycles. The Morgan fingerprint density at radius 3 is 2.85 bits per heavy atom. The van der Waals surface area contributed by atoms with E-state index >= 15 is 0 Å². The van der Waals surface area contributed by atoms with Crippen LogP contribution in [0.2, 0.25) is 0 Å². The highest BCUT2D eigenvalue weighted by Gasteiger charge is 2.23. The number of carbonyl (C=O) groups is 2. The van der Waals surface area contributed by atoms with Crippen LogP contribution in [0.15, 0.2) is 18.2 Å². The zero-order chi connectivity index (χ0) is 18.7. The number of aromatic nitrogens is 1. The number of aromatic amines is 1. The second kappa shape index (κ2) is 7.78. The van der Waals surface area contributed by atoms with Gasteiger partial charge in [-0.1, -0.05) is 6.07 Å². The molecule has 1 unspecified atom stereocenters. The molecule has 2 heterocycles. The number of hydrogen-bond donors (Lipinski definition) is 2. The number of rotatable bonds is 7. The maximum absolute atomic E-state index is 12.3. The van der Waals surface area contributed by atoms with Crippen molar-refractivity contribution in [1.82, 2.24) is 15.2 Å². The van der Waals surface area contributed by atoms with Gasteiger partial charge in [-0.05, 0) is 57.1 Å². The van der Waals surface area contributed by atoms with E-state index in [1.54, 1.807) is 6.92 Å². The van der Waals surface area contributed by atoms with E-state index in [-0.39, 0.29) is 18.1 Å². The number of hydrogen-bond acceptors (Lipinski definition) is 5. The molecule has 1 aliphatic rings. The molecule has 0 saturated carbocycles. The van der Waals surface area contributed by atoms with Crippen LogP contribution in [0.5, 0.6) is 0 Å². The fourth-order valence-corrected chi connectivity index (χ4v) is 3.22. The molecule has 1 aliphatic heterocycles. The molecule has 0 bridgehead atoms. The molecule has 1 aromatic carbocycles. The Labute approximate surface area is 152 Å². The molecule has 0 radical (unpaired) electrons. The summed E-state index contributed by atoms with van der Waals surface area (Å²) in [6, 6.07) is 6.05. The number of nitrogens with one attached hydrogen (secondary N) is 2. The summed E-state index contributed by atoms with van der Waals surface area (Å²) in [5.41, 5.74) is 3.50. The molecule has 26 heavy (non-hydrogen) atoms. The number of H-pyrrole nitrogens is 1. The van der Waals surface area contributed by atoms with Crippen LogP contribution < -0.4 is 5.32 Å². The van der Waals surface area contributed by atoms with Gasteiger partial charge < -0.3 is 24.7 Å². The van der Waals surface area contributed by atoms with E-state index in [4.69, 9.17) is 9.47 Å². The summed E-state index contributed by atoms with van der Waals surface area (Å²) in [5.74, 6) is -0.324. The number of amides is 1. The van der Waals surface area contributed by atoms with E-state index in [1.165, 1.54) is 0 Å². The fourth-order valence-electron chi connectivity index (χ4n) is 3.22. The number of benzene rings is 1. The van der Waals surface area contributed by atoms with Gasteiger partial charge in [-0.15, -0.1) is 0 Å². The number of nitrogens with zero attached hydrogens (tertiary/aromatic N) is 1. The summed E-state index contributed by atoms with van der Waals surface area (Å²) in [5, 5.41) is 3.82. The summed E-state index contributed by atoms with van der Waals surface area (Å²) in [6.45, 7) is 3.35. The van der Waals surface area contributed by atoms with Crippen LogP contribution in [0.1, 0.15) is 28.5 Å². The quantitative estimate of drug-likeness (QED) is 0.740. The van der Waals surface area contributed by atoms with Crippen LogP contribution in [0.25, 0.3) is 10.9 Å². The maximum Gasteiger partial charge on any atom is 0.407 e. The number of ether oxygens (including phenoxy) is 2. The Morgan fingerprint density at radius 1 is 1.38 bits per heavy atom. The first-order chi connectivity index (χ1) is 12.5. The lowest BCUT2D eigenvalue weighted by atomic mass is 10.0. The van der Waals surface area contributed by atoms with E-state index in [2.05, 4.69) is 21.3 Å². The summed E-state index contributed by atoms with van der Waals surface area (Å²) in [7, 11) is 4.01. The number of esters is 1. The molecule has 1 saturated heterocycles. The average Bonchev–Trinajstić information content (AvgIpc) is 3.16. The molecule has 2 N–H and O–H groups in total. The fraction of sp³-hybridized carbons (Fsp3) is 0.474. The SMILES string of the molecule is CCOC(=O)c1[nH]c2ccc(CC3COC(=O)N3)cc2c1CCN(C)C. The highest BCUT2D eigenvalue weighted by Crippen LogP contribution is 2.26. The normalized spacial score (nSPS) is 16.8. The van der Waals surface area contributed by atoms with Crippen molar-refractivity contribution in [2.75, 3.05) is 33.9 Å². The third-order valence-electron chi connectivity index (χ3n) is 4.48. The standard InChI is InChI=1S/C19H25N3O4/c1-4-25-18(23)17-14(7-8-22(2)3)15-10-12(5-6-16(15)21-17)9-13-11-26-19(24)20-13/h5-6,10,13,21H,4,7-9,11H2,1-3H3,(H,20,24). The molecule has 1 amide bonds. The molecule has 3 rings (SSSR count). The van der Waals surface area contributed by atoms with Crippen molar-refractivity contribution in [3.63, 3.8) is 0 Å². The zero-order valence-corrected chi connectivity index (χ0v) is 15.4. The molecular weight excluding hydrogens is 334 g/mol. The summed E-state index contributed by atoms with van der Waals surface area (Å²) < 4.78 is 10.2. The first kappa shape index (κ1) is 18.3. The molecular formula is C19H25N3O4. The van der Waals surface area contributed by atoms with Crippen molar-refractivity contribution in [3.05, 3.63) is 35.0 Å². The van der Waals surface area contributed by atoms with Crippen molar-refractivity contribution in [2.24, 2.45) is 0 Å². The molecule has 1 fully saturated rings. The van der Waals surface area contributed by atoms with Gasteiger partial charge in [0.25, 0.3) is 0 Å². The van der Waals surface area contributed by atoms with Gasteiger partial charge in [-0.2, -0.15) is 0 Å². The highest BCUT2D eigenvalue weighted by molar-refractivity contribution is 5.98. The molecule has 0 spiro atoms. The number of cyclic esters (lactones) is 1. The van der Waals surface area contributed by atoms with E-state index in [0.29, 0.717) is 25.3 Å². The second-order valence-electron chi connectivity index (χ2n) is 6.78. The Morgan fingerprint density at radius 2 is 2.19 bits per heavy atom. The van der Waals surface area contributed by atoms with Gasteiger partial charge in [0.05, 0.1) is 12.6 Å². The largest absolute Gasteiger partial charge is 0.461 e. The zero-order valence-electron chi connectivity index (χ0n) is 15.4. The predicted molar refractivity (Wildman–Crippen MR) is 98.5 cm³/mol. The van der Waals surface area contributed by atoms with Gasteiger partial charge in [0.15, 0.2) is 0 Å². The lowest BCUT2D eigenvalue weighted by molar-refractivity contribution is 0.0519. The van der Waals surface area contributed by atoms with Gasteiger partial charge >= 0.3 is 12.1 Å². The smallest absolute Gasteiger partial charge is 0.407 e. The first-order valence-electron chi connectivity index (χ1n) is 8.86. The Kier molecular flexibility index (Phi) is 5.46. The topological polar surface area (TPSA) is 83.7 Å². The number of likely N-dealkylation sites (N-methyl/N-ethyl adjacent to an activating group) is 1. The number of fused-ring (bicyclic) bond motifs is 1. The van der Waals surface area contributed by atoms with E-state index in [1.807, 2.05) is 26.2 Å². The Balaban J connectivity index is 1.93. The third kappa shape index (κ3) is 3.99. The van der Waals surface area contributed by atoms with Crippen LogP contribution in [0.4, 0.5) is 4.79 Å². The van der Waals surface area contributed by atoms with Crippen molar-refractivity contribution < 1.29 is 19.1 Å². The average molecular weight is 359 g/mol. The van der Waals surface area contributed by atoms with E-state index in [0.717, 1.165) is 35.0 Å². The number of carbonyl (C=O) groups excluding carboxylic acids is 2. The van der Waals surface area contributed by atoms with E-state index in [9.17, 15) is 9.59 Å².